The van der Waals surface area contributed by atoms with E-state index in [9.17, 15) is 8.42 Å². The minimum Gasteiger partial charge on any atom is -0.477 e. The van der Waals surface area contributed by atoms with Crippen molar-refractivity contribution in [3.8, 4) is 11.8 Å². The highest BCUT2D eigenvalue weighted by atomic mass is 32.2. The van der Waals surface area contributed by atoms with Crippen LogP contribution in [0.5, 0.6) is 11.8 Å². The Labute approximate surface area is 146 Å². The van der Waals surface area contributed by atoms with E-state index in [1.807, 2.05) is 0 Å². The Balaban J connectivity index is 1.78. The van der Waals surface area contributed by atoms with Crippen LogP contribution in [0.1, 0.15) is 17.8 Å². The average Bonchev–Trinajstić information content (AvgIpc) is 3.13. The van der Waals surface area contributed by atoms with Gasteiger partial charge in [0.1, 0.15) is 11.0 Å². The van der Waals surface area contributed by atoms with Crippen LogP contribution in [0.25, 0.3) is 0 Å². The van der Waals surface area contributed by atoms with E-state index in [1.165, 1.54) is 23.8 Å². The highest BCUT2D eigenvalue weighted by molar-refractivity contribution is 7.89. The molecule has 0 N–H and O–H groups in total. The van der Waals surface area contributed by atoms with E-state index in [0.717, 1.165) is 0 Å². The van der Waals surface area contributed by atoms with Crippen molar-refractivity contribution < 1.29 is 17.9 Å². The third-order valence-corrected chi connectivity index (χ3v) is 6.37. The molecule has 0 radical (unpaired) electrons. The fourth-order valence-electron chi connectivity index (χ4n) is 2.96. The van der Waals surface area contributed by atoms with E-state index in [1.54, 1.807) is 25.6 Å². The number of nitrogens with zero attached hydrogens (tertiary/aromatic N) is 5. The molecule has 2 aromatic heterocycles. The highest BCUT2D eigenvalue weighted by Gasteiger charge is 2.37. The smallest absolute Gasteiger partial charge is 0.278 e. The van der Waals surface area contributed by atoms with Gasteiger partial charge < -0.3 is 9.47 Å². The van der Waals surface area contributed by atoms with Crippen molar-refractivity contribution in [2.24, 2.45) is 7.05 Å². The summed E-state index contributed by atoms with van der Waals surface area (Å²) in [5.74, 6) is 0.547. The monoisotopic (exact) mass is 367 g/mol. The molecule has 1 aliphatic heterocycles. The second-order valence-electron chi connectivity index (χ2n) is 5.89. The Hall–Kier alpha value is -2.20. The topological polar surface area (TPSA) is 99.4 Å². The van der Waals surface area contributed by atoms with Gasteiger partial charge in [0.25, 0.3) is 11.8 Å². The van der Waals surface area contributed by atoms with Gasteiger partial charge in [-0.2, -0.15) is 9.40 Å². The molecular formula is C15H21N5O4S. The molecule has 1 fully saturated rings. The first kappa shape index (κ1) is 17.6. The van der Waals surface area contributed by atoms with Crippen molar-refractivity contribution in [1.82, 2.24) is 24.1 Å². The average molecular weight is 367 g/mol. The van der Waals surface area contributed by atoms with Gasteiger partial charge >= 0.3 is 0 Å². The summed E-state index contributed by atoms with van der Waals surface area (Å²) >= 11 is 0. The van der Waals surface area contributed by atoms with E-state index in [2.05, 4.69) is 15.1 Å². The molecule has 10 heteroatoms. The van der Waals surface area contributed by atoms with Gasteiger partial charge in [-0.15, -0.1) is 0 Å². The zero-order chi connectivity index (χ0) is 18.2. The van der Waals surface area contributed by atoms with Crippen molar-refractivity contribution >= 4 is 10.0 Å². The maximum absolute atomic E-state index is 13.0. The predicted octanol–water partition coefficient (Wildman–Crippen LogP) is 0.678. The standard InChI is InChI=1S/C15H21N5O4S/c1-10-13(11(2)19(3)18-10)25(21,22)20-8-5-12(9-20)24-15-14(23-4)16-6-7-17-15/h6-7,12H,5,8-9H2,1-4H3. The van der Waals surface area contributed by atoms with Crippen molar-refractivity contribution in [1.29, 1.82) is 0 Å². The second-order valence-corrected chi connectivity index (χ2v) is 7.76. The molecule has 1 saturated heterocycles. The zero-order valence-electron chi connectivity index (χ0n) is 14.6. The van der Waals surface area contributed by atoms with Crippen molar-refractivity contribution in [2.75, 3.05) is 20.2 Å². The lowest BCUT2D eigenvalue weighted by Gasteiger charge is -2.17. The fraction of sp³-hybridized carbons (Fsp3) is 0.533. The first-order chi connectivity index (χ1) is 11.8. The van der Waals surface area contributed by atoms with Crippen LogP contribution >= 0.6 is 0 Å². The van der Waals surface area contributed by atoms with E-state index in [0.29, 0.717) is 24.4 Å². The van der Waals surface area contributed by atoms with Gasteiger partial charge in [-0.3, -0.25) is 4.68 Å². The number of ether oxygens (including phenoxy) is 2. The first-order valence-corrected chi connectivity index (χ1v) is 9.30. The molecule has 3 rings (SSSR count). The molecule has 9 nitrogen and oxygen atoms in total. The molecule has 0 spiro atoms. The van der Waals surface area contributed by atoms with Crippen LogP contribution in [0.3, 0.4) is 0 Å². The van der Waals surface area contributed by atoms with Crippen LogP contribution in [0.2, 0.25) is 0 Å². The van der Waals surface area contributed by atoms with Crippen LogP contribution in [0.4, 0.5) is 0 Å². The maximum atomic E-state index is 13.0. The summed E-state index contributed by atoms with van der Waals surface area (Å²) in [6.07, 6.45) is 3.27. The lowest BCUT2D eigenvalue weighted by atomic mass is 10.3. The molecule has 0 saturated carbocycles. The third-order valence-electron chi connectivity index (χ3n) is 4.25. The number of hydrogen-bond donors (Lipinski definition) is 0. The molecule has 1 aliphatic rings. The molecule has 2 aromatic rings. The molecule has 0 aliphatic carbocycles. The molecule has 1 atom stereocenters. The van der Waals surface area contributed by atoms with Crippen molar-refractivity contribution in [3.63, 3.8) is 0 Å². The van der Waals surface area contributed by atoms with Gasteiger partial charge in [0.05, 0.1) is 25.0 Å². The third kappa shape index (κ3) is 3.19. The Bertz CT molecular complexity index is 880. The Morgan fingerprint density at radius 2 is 1.88 bits per heavy atom. The summed E-state index contributed by atoms with van der Waals surface area (Å²) in [7, 11) is -0.401. The van der Waals surface area contributed by atoms with Crippen molar-refractivity contribution in [3.05, 3.63) is 23.8 Å². The lowest BCUT2D eigenvalue weighted by Crippen LogP contribution is -2.31. The molecule has 3 heterocycles. The minimum atomic E-state index is -3.62. The number of sulfonamides is 1. The van der Waals surface area contributed by atoms with Crippen LogP contribution < -0.4 is 9.47 Å². The summed E-state index contributed by atoms with van der Waals surface area (Å²) in [4.78, 5) is 8.40. The normalized spacial score (nSPS) is 18.5. The van der Waals surface area contributed by atoms with E-state index < -0.39 is 10.0 Å². The number of methoxy groups -OCH3 is 1. The van der Waals surface area contributed by atoms with Gasteiger partial charge in [0.2, 0.25) is 10.0 Å². The number of aromatic nitrogens is 4. The zero-order valence-corrected chi connectivity index (χ0v) is 15.4. The number of rotatable bonds is 5. The van der Waals surface area contributed by atoms with Crippen LogP contribution in [0, 0.1) is 13.8 Å². The largest absolute Gasteiger partial charge is 0.477 e. The van der Waals surface area contributed by atoms with Gasteiger partial charge in [0, 0.05) is 26.0 Å². The summed E-state index contributed by atoms with van der Waals surface area (Å²) in [6.45, 7) is 4.08. The Morgan fingerprint density at radius 1 is 1.20 bits per heavy atom. The molecule has 25 heavy (non-hydrogen) atoms. The van der Waals surface area contributed by atoms with E-state index in [4.69, 9.17) is 9.47 Å². The summed E-state index contributed by atoms with van der Waals surface area (Å²) in [6, 6.07) is 0. The molecule has 0 aromatic carbocycles. The molecule has 0 amide bonds. The predicted molar refractivity (Wildman–Crippen MR) is 89.1 cm³/mol. The highest BCUT2D eigenvalue weighted by Crippen LogP contribution is 2.29. The Kier molecular flexibility index (Phi) is 4.65. The molecule has 1 unspecified atom stereocenters. The van der Waals surface area contributed by atoms with Crippen LogP contribution in [-0.4, -0.2) is 58.8 Å². The van der Waals surface area contributed by atoms with Gasteiger partial charge in [-0.25, -0.2) is 18.4 Å². The second kappa shape index (κ2) is 6.60. The SMILES string of the molecule is COc1nccnc1OC1CCN(S(=O)(=O)c2c(C)nn(C)c2C)C1. The molecular weight excluding hydrogens is 346 g/mol. The van der Waals surface area contributed by atoms with Gasteiger partial charge in [-0.05, 0) is 20.3 Å². The summed E-state index contributed by atoms with van der Waals surface area (Å²) in [5, 5.41) is 4.20. The van der Waals surface area contributed by atoms with Crippen LogP contribution in [0.15, 0.2) is 17.3 Å². The maximum Gasteiger partial charge on any atom is 0.278 e. The molecule has 136 valence electrons. The van der Waals surface area contributed by atoms with Gasteiger partial charge in [0.15, 0.2) is 0 Å². The first-order valence-electron chi connectivity index (χ1n) is 7.86. The number of hydrogen-bond acceptors (Lipinski definition) is 7. The summed E-state index contributed by atoms with van der Waals surface area (Å²) < 4.78 is 39.9. The van der Waals surface area contributed by atoms with E-state index in [-0.39, 0.29) is 29.3 Å². The van der Waals surface area contributed by atoms with Crippen LogP contribution in [-0.2, 0) is 17.1 Å². The van der Waals surface area contributed by atoms with E-state index >= 15 is 0 Å². The fourth-order valence-corrected chi connectivity index (χ4v) is 4.85. The quantitative estimate of drug-likeness (QED) is 0.766. The molecule has 0 bridgehead atoms. The minimum absolute atomic E-state index is 0.246. The number of aryl methyl sites for hydroxylation is 2. The van der Waals surface area contributed by atoms with Crippen molar-refractivity contribution in [2.45, 2.75) is 31.3 Å². The lowest BCUT2D eigenvalue weighted by molar-refractivity contribution is 0.194. The van der Waals surface area contributed by atoms with Gasteiger partial charge in [-0.1, -0.05) is 0 Å². The summed E-state index contributed by atoms with van der Waals surface area (Å²) in [5.41, 5.74) is 1.12. The Morgan fingerprint density at radius 3 is 2.48 bits per heavy atom.